The largest absolute Gasteiger partial charge is 0.489 e. The number of para-hydroxylation sites is 1. The van der Waals surface area contributed by atoms with Gasteiger partial charge in [-0.2, -0.15) is 0 Å². The summed E-state index contributed by atoms with van der Waals surface area (Å²) in [6.45, 7) is 2.13. The highest BCUT2D eigenvalue weighted by atomic mass is 16.5. The van der Waals surface area contributed by atoms with Crippen LogP contribution in [0.1, 0.15) is 60.6 Å². The van der Waals surface area contributed by atoms with Crippen LogP contribution in [-0.4, -0.2) is 23.7 Å². The number of rotatable bonds is 4. The molecule has 1 aromatic heterocycles. The number of hydrogen-bond acceptors (Lipinski definition) is 4. The maximum Gasteiger partial charge on any atom is 0.339 e. The number of pyridine rings is 1. The second kappa shape index (κ2) is 8.14. The zero-order valence-corrected chi connectivity index (χ0v) is 17.3. The maximum absolute atomic E-state index is 11.8. The summed E-state index contributed by atoms with van der Waals surface area (Å²) in [4.78, 5) is 16.0. The fourth-order valence-electron chi connectivity index (χ4n) is 5.82. The second-order valence-corrected chi connectivity index (χ2v) is 8.91. The molecule has 0 atom stereocenters. The Morgan fingerprint density at radius 3 is 2.40 bits per heavy atom. The molecule has 2 aromatic rings. The number of benzene rings is 1. The number of hydrogen-bond donors (Lipinski definition) is 0. The van der Waals surface area contributed by atoms with Gasteiger partial charge < -0.3 is 9.47 Å². The summed E-state index contributed by atoms with van der Waals surface area (Å²) in [6.07, 6.45) is 8.64. The number of ether oxygens (including phenoxy) is 2. The third-order valence-electron chi connectivity index (χ3n) is 6.89. The molecule has 0 saturated heterocycles. The fraction of sp³-hybridized carbons (Fsp3) is 0.462. The van der Waals surface area contributed by atoms with Crippen molar-refractivity contribution in [3.05, 3.63) is 59.4 Å². The van der Waals surface area contributed by atoms with Crippen molar-refractivity contribution < 1.29 is 14.3 Å². The van der Waals surface area contributed by atoms with E-state index in [1.165, 1.54) is 38.3 Å². The second-order valence-electron chi connectivity index (χ2n) is 8.91. The lowest BCUT2D eigenvalue weighted by Gasteiger charge is -2.53. The SMILES string of the molecule is CCOC(=O)c1ccc(C#Cc2ccccc2OC2C3CC4CC(C3)CC2C4)nc1. The molecule has 1 aromatic carbocycles. The summed E-state index contributed by atoms with van der Waals surface area (Å²) >= 11 is 0. The van der Waals surface area contributed by atoms with Crippen molar-refractivity contribution in [1.82, 2.24) is 4.98 Å². The number of nitrogens with zero attached hydrogens (tertiary/aromatic N) is 1. The Labute approximate surface area is 178 Å². The molecule has 4 saturated carbocycles. The van der Waals surface area contributed by atoms with Gasteiger partial charge in [-0.1, -0.05) is 18.1 Å². The first-order chi connectivity index (χ1) is 14.7. The Kier molecular flexibility index (Phi) is 5.21. The molecule has 4 aliphatic rings. The van der Waals surface area contributed by atoms with Gasteiger partial charge in [0.05, 0.1) is 17.7 Å². The van der Waals surface area contributed by atoms with E-state index in [9.17, 15) is 4.79 Å². The van der Waals surface area contributed by atoms with Crippen LogP contribution < -0.4 is 4.74 Å². The molecule has 0 N–H and O–H groups in total. The van der Waals surface area contributed by atoms with E-state index in [1.54, 1.807) is 19.1 Å². The molecule has 0 unspecified atom stereocenters. The van der Waals surface area contributed by atoms with Gasteiger partial charge in [0.2, 0.25) is 0 Å². The molecule has 0 radical (unpaired) electrons. The van der Waals surface area contributed by atoms with Gasteiger partial charge in [0.25, 0.3) is 0 Å². The van der Waals surface area contributed by atoms with Crippen molar-refractivity contribution in [2.45, 2.75) is 45.1 Å². The first-order valence-electron chi connectivity index (χ1n) is 11.1. The first-order valence-corrected chi connectivity index (χ1v) is 11.1. The molecule has 6 rings (SSSR count). The van der Waals surface area contributed by atoms with Crippen molar-refractivity contribution in [3.8, 4) is 17.6 Å². The van der Waals surface area contributed by atoms with Crippen molar-refractivity contribution in [3.63, 3.8) is 0 Å². The van der Waals surface area contributed by atoms with Crippen LogP contribution in [-0.2, 0) is 4.74 Å². The van der Waals surface area contributed by atoms with Gasteiger partial charge in [-0.3, -0.25) is 0 Å². The van der Waals surface area contributed by atoms with Crippen molar-refractivity contribution in [2.24, 2.45) is 23.7 Å². The van der Waals surface area contributed by atoms with E-state index in [4.69, 9.17) is 9.47 Å². The average molecular weight is 402 g/mol. The Morgan fingerprint density at radius 1 is 1.00 bits per heavy atom. The average Bonchev–Trinajstić information content (AvgIpc) is 2.75. The molecule has 4 aliphatic carbocycles. The van der Waals surface area contributed by atoms with E-state index in [2.05, 4.69) is 16.8 Å². The van der Waals surface area contributed by atoms with Gasteiger partial charge in [-0.25, -0.2) is 9.78 Å². The van der Waals surface area contributed by atoms with Gasteiger partial charge in [0, 0.05) is 6.20 Å². The Balaban J connectivity index is 1.32. The van der Waals surface area contributed by atoms with E-state index in [0.29, 0.717) is 35.8 Å². The van der Waals surface area contributed by atoms with Crippen LogP contribution in [0.3, 0.4) is 0 Å². The lowest BCUT2D eigenvalue weighted by atomic mass is 9.55. The predicted molar refractivity (Wildman–Crippen MR) is 114 cm³/mol. The zero-order valence-electron chi connectivity index (χ0n) is 17.3. The van der Waals surface area contributed by atoms with Gasteiger partial charge in [-0.15, -0.1) is 0 Å². The molecule has 4 fully saturated rings. The van der Waals surface area contributed by atoms with Crippen LogP contribution in [0.25, 0.3) is 0 Å². The minimum Gasteiger partial charge on any atom is -0.489 e. The molecule has 154 valence electrons. The van der Waals surface area contributed by atoms with E-state index in [0.717, 1.165) is 23.1 Å². The van der Waals surface area contributed by atoms with E-state index in [1.807, 2.05) is 24.3 Å². The number of aromatic nitrogens is 1. The predicted octanol–water partition coefficient (Wildman–Crippen LogP) is 4.86. The van der Waals surface area contributed by atoms with Gasteiger partial charge in [0.1, 0.15) is 17.5 Å². The number of carbonyl (C=O) groups is 1. The van der Waals surface area contributed by atoms with Crippen LogP contribution in [0.2, 0.25) is 0 Å². The Bertz CT molecular complexity index is 957. The maximum atomic E-state index is 11.8. The quantitative estimate of drug-likeness (QED) is 0.542. The molecule has 4 bridgehead atoms. The molecule has 30 heavy (non-hydrogen) atoms. The van der Waals surface area contributed by atoms with E-state index in [-0.39, 0.29) is 5.97 Å². The van der Waals surface area contributed by atoms with Crippen LogP contribution in [0.5, 0.6) is 5.75 Å². The third-order valence-corrected chi connectivity index (χ3v) is 6.89. The van der Waals surface area contributed by atoms with Crippen LogP contribution >= 0.6 is 0 Å². The Hall–Kier alpha value is -2.80. The van der Waals surface area contributed by atoms with E-state index >= 15 is 0 Å². The highest BCUT2D eigenvalue weighted by Gasteiger charge is 2.49. The van der Waals surface area contributed by atoms with Gasteiger partial charge >= 0.3 is 5.97 Å². The molecule has 0 spiro atoms. The first kappa shape index (κ1) is 19.2. The van der Waals surface area contributed by atoms with Crippen LogP contribution in [0.4, 0.5) is 0 Å². The monoisotopic (exact) mass is 401 g/mol. The topological polar surface area (TPSA) is 48.4 Å². The molecule has 1 heterocycles. The third kappa shape index (κ3) is 3.81. The van der Waals surface area contributed by atoms with Crippen molar-refractivity contribution >= 4 is 5.97 Å². The summed E-state index contributed by atoms with van der Waals surface area (Å²) in [5.41, 5.74) is 1.95. The summed E-state index contributed by atoms with van der Waals surface area (Å²) in [6, 6.07) is 11.5. The lowest BCUT2D eigenvalue weighted by molar-refractivity contribution is -0.0790. The molecule has 4 heteroatoms. The van der Waals surface area contributed by atoms with Crippen molar-refractivity contribution in [1.29, 1.82) is 0 Å². The summed E-state index contributed by atoms with van der Waals surface area (Å²) < 4.78 is 11.6. The number of esters is 1. The molecular formula is C26H27NO3. The standard InChI is InChI=1S/C26H27NO3/c1-2-29-26(28)20-8-10-23(27-16-20)9-7-19-5-3-4-6-24(19)30-25-21-12-17-11-18(14-21)15-22(25)13-17/h3-6,8,10,16-18,21-22,25H,2,11-15H2,1H3. The molecule has 0 amide bonds. The minimum absolute atomic E-state index is 0.336. The van der Waals surface area contributed by atoms with Crippen molar-refractivity contribution in [2.75, 3.05) is 6.61 Å². The van der Waals surface area contributed by atoms with E-state index < -0.39 is 0 Å². The summed E-state index contributed by atoms with van der Waals surface area (Å²) in [5, 5.41) is 0. The minimum atomic E-state index is -0.362. The Morgan fingerprint density at radius 2 is 1.73 bits per heavy atom. The van der Waals surface area contributed by atoms with Crippen LogP contribution in [0, 0.1) is 35.5 Å². The number of carbonyl (C=O) groups excluding carboxylic acids is 1. The molecule has 0 aliphatic heterocycles. The smallest absolute Gasteiger partial charge is 0.339 e. The summed E-state index contributed by atoms with van der Waals surface area (Å²) in [7, 11) is 0. The molecule has 4 nitrogen and oxygen atoms in total. The highest BCUT2D eigenvalue weighted by Crippen LogP contribution is 2.54. The fourth-order valence-corrected chi connectivity index (χ4v) is 5.82. The van der Waals surface area contributed by atoms with Gasteiger partial charge in [0.15, 0.2) is 0 Å². The lowest BCUT2D eigenvalue weighted by Crippen LogP contribution is -2.50. The normalized spacial score (nSPS) is 28.5. The van der Waals surface area contributed by atoms with Gasteiger partial charge in [-0.05, 0) is 92.9 Å². The summed E-state index contributed by atoms with van der Waals surface area (Å²) in [5.74, 6) is 10.1. The van der Waals surface area contributed by atoms with Crippen LogP contribution in [0.15, 0.2) is 42.6 Å². The highest BCUT2D eigenvalue weighted by molar-refractivity contribution is 5.89. The zero-order chi connectivity index (χ0) is 20.5. The molecular weight excluding hydrogens is 374 g/mol.